The minimum atomic E-state index is -3.50. The molecule has 0 aliphatic carbocycles. The molecule has 0 radical (unpaired) electrons. The summed E-state index contributed by atoms with van der Waals surface area (Å²) in [6, 6.07) is 0. The second kappa shape index (κ2) is 4.11. The average molecular weight is 182 g/mol. The number of hydrogen-bond donors (Lipinski definition) is 4. The molecule has 0 unspecified atom stereocenters. The van der Waals surface area contributed by atoms with Crippen LogP contribution in [-0.4, -0.2) is 33.1 Å². The maximum atomic E-state index is 10.6. The maximum absolute atomic E-state index is 10.6. The van der Waals surface area contributed by atoms with Gasteiger partial charge in [-0.2, -0.15) is 13.1 Å². The van der Waals surface area contributed by atoms with Crippen LogP contribution in [-0.2, 0) is 10.2 Å². The third kappa shape index (κ3) is 4.53. The Balaban J connectivity index is 3.91. The van der Waals surface area contributed by atoms with Gasteiger partial charge in [-0.15, -0.1) is 0 Å². The van der Waals surface area contributed by atoms with E-state index in [1.54, 1.807) is 0 Å². The van der Waals surface area contributed by atoms with Gasteiger partial charge in [-0.3, -0.25) is 0 Å². The minimum Gasteiger partial charge on any atom is -0.409 e. The molecule has 0 rings (SSSR count). The van der Waals surface area contributed by atoms with E-state index in [0.717, 1.165) is 0 Å². The van der Waals surface area contributed by atoms with Crippen molar-refractivity contribution >= 4 is 16.0 Å². The molecule has 0 saturated heterocycles. The summed E-state index contributed by atoms with van der Waals surface area (Å²) in [6.07, 6.45) is 0. The Morgan fingerprint density at radius 1 is 1.73 bits per heavy atom. The second-order valence-electron chi connectivity index (χ2n) is 1.62. The summed E-state index contributed by atoms with van der Waals surface area (Å²) in [7, 11) is -2.25. The summed E-state index contributed by atoms with van der Waals surface area (Å²) in [6.45, 7) is -0.223. The van der Waals surface area contributed by atoms with E-state index >= 15 is 0 Å². The molecule has 0 amide bonds. The van der Waals surface area contributed by atoms with Gasteiger partial charge in [0.15, 0.2) is 5.84 Å². The van der Waals surface area contributed by atoms with Crippen LogP contribution in [0, 0.1) is 0 Å². The van der Waals surface area contributed by atoms with E-state index in [4.69, 9.17) is 10.9 Å². The number of rotatable bonds is 4. The topological polar surface area (TPSA) is 117 Å². The lowest BCUT2D eigenvalue weighted by Gasteiger charge is -2.02. The molecule has 11 heavy (non-hydrogen) atoms. The molecule has 0 aliphatic rings. The standard InChI is InChI=1S/C3H10N4O3S/c1-5-11(9,10)6-2-3(4)7-8/h5-6,8H,2H2,1H3,(H2,4,7). The molecule has 0 atom stereocenters. The Kier molecular flexibility index (Phi) is 3.79. The minimum absolute atomic E-state index is 0.205. The Bertz CT molecular complexity index is 233. The van der Waals surface area contributed by atoms with Crippen LogP contribution in [0.5, 0.6) is 0 Å². The summed E-state index contributed by atoms with van der Waals surface area (Å²) < 4.78 is 25.2. The van der Waals surface area contributed by atoms with E-state index in [1.807, 2.05) is 9.44 Å². The van der Waals surface area contributed by atoms with Gasteiger partial charge in [0.05, 0.1) is 6.54 Å². The smallest absolute Gasteiger partial charge is 0.277 e. The molecular formula is C3H10N4O3S. The van der Waals surface area contributed by atoms with E-state index in [2.05, 4.69) is 5.16 Å². The van der Waals surface area contributed by atoms with Crippen molar-refractivity contribution in [3.05, 3.63) is 0 Å². The third-order valence-electron chi connectivity index (χ3n) is 0.840. The van der Waals surface area contributed by atoms with Crippen molar-refractivity contribution in [3.8, 4) is 0 Å². The lowest BCUT2D eigenvalue weighted by atomic mass is 10.6. The fourth-order valence-corrected chi connectivity index (χ4v) is 0.759. The largest absolute Gasteiger partial charge is 0.409 e. The van der Waals surface area contributed by atoms with Crippen LogP contribution in [0.1, 0.15) is 0 Å². The zero-order valence-electron chi connectivity index (χ0n) is 5.90. The molecule has 0 aromatic rings. The first-order chi connectivity index (χ1) is 5.02. The number of oxime groups is 1. The van der Waals surface area contributed by atoms with Crippen molar-refractivity contribution in [1.29, 1.82) is 0 Å². The fraction of sp³-hybridized carbons (Fsp3) is 0.667. The van der Waals surface area contributed by atoms with Crippen LogP contribution >= 0.6 is 0 Å². The predicted octanol–water partition coefficient (Wildman–Crippen LogP) is -2.21. The van der Waals surface area contributed by atoms with Gasteiger partial charge in [-0.05, 0) is 0 Å². The first kappa shape index (κ1) is 10.1. The van der Waals surface area contributed by atoms with Crippen molar-refractivity contribution in [3.63, 3.8) is 0 Å². The van der Waals surface area contributed by atoms with Crippen LogP contribution in [0.3, 0.4) is 0 Å². The van der Waals surface area contributed by atoms with Gasteiger partial charge in [-0.1, -0.05) is 5.16 Å². The lowest BCUT2D eigenvalue weighted by Crippen LogP contribution is -2.39. The van der Waals surface area contributed by atoms with Crippen LogP contribution in [0.2, 0.25) is 0 Å². The summed E-state index contributed by atoms with van der Waals surface area (Å²) in [5.74, 6) is -0.205. The zero-order valence-corrected chi connectivity index (χ0v) is 6.72. The van der Waals surface area contributed by atoms with Crippen molar-refractivity contribution < 1.29 is 13.6 Å². The second-order valence-corrected chi connectivity index (χ2v) is 3.32. The van der Waals surface area contributed by atoms with Crippen LogP contribution < -0.4 is 15.2 Å². The third-order valence-corrected chi connectivity index (χ3v) is 1.90. The molecule has 5 N–H and O–H groups in total. The van der Waals surface area contributed by atoms with Crippen molar-refractivity contribution in [2.45, 2.75) is 0 Å². The molecular weight excluding hydrogens is 172 g/mol. The van der Waals surface area contributed by atoms with Gasteiger partial charge in [-0.25, -0.2) is 4.72 Å². The predicted molar refractivity (Wildman–Crippen MR) is 39.4 cm³/mol. The maximum Gasteiger partial charge on any atom is 0.277 e. The Morgan fingerprint density at radius 3 is 2.64 bits per heavy atom. The quantitative estimate of drug-likeness (QED) is 0.170. The SMILES string of the molecule is CNS(=O)(=O)NCC(N)=NO. The normalized spacial score (nSPS) is 13.4. The van der Waals surface area contributed by atoms with Gasteiger partial charge in [0, 0.05) is 7.05 Å². The highest BCUT2D eigenvalue weighted by atomic mass is 32.2. The van der Waals surface area contributed by atoms with E-state index in [-0.39, 0.29) is 12.4 Å². The summed E-state index contributed by atoms with van der Waals surface area (Å²) in [5, 5.41) is 10.6. The average Bonchev–Trinajstić information content (AvgIpc) is 2.00. The highest BCUT2D eigenvalue weighted by Crippen LogP contribution is 1.71. The number of nitrogens with zero attached hydrogens (tertiary/aromatic N) is 1. The van der Waals surface area contributed by atoms with E-state index < -0.39 is 10.2 Å². The van der Waals surface area contributed by atoms with Crippen molar-refractivity contribution in [2.24, 2.45) is 10.9 Å². The zero-order chi connectivity index (χ0) is 8.91. The number of nitrogens with one attached hydrogen (secondary N) is 2. The Labute approximate surface area is 64.4 Å². The first-order valence-electron chi connectivity index (χ1n) is 2.66. The first-order valence-corrected chi connectivity index (χ1v) is 4.14. The van der Waals surface area contributed by atoms with E-state index in [1.165, 1.54) is 7.05 Å². The number of nitrogens with two attached hydrogens (primary N) is 1. The molecule has 0 fully saturated rings. The van der Waals surface area contributed by atoms with Gasteiger partial charge < -0.3 is 10.9 Å². The molecule has 7 nitrogen and oxygen atoms in total. The highest BCUT2D eigenvalue weighted by molar-refractivity contribution is 7.87. The lowest BCUT2D eigenvalue weighted by molar-refractivity contribution is 0.317. The van der Waals surface area contributed by atoms with Crippen LogP contribution in [0.4, 0.5) is 0 Å². The molecule has 0 aliphatic heterocycles. The highest BCUT2D eigenvalue weighted by Gasteiger charge is 2.04. The molecule has 0 heterocycles. The molecule has 0 bridgehead atoms. The van der Waals surface area contributed by atoms with E-state index in [0.29, 0.717) is 0 Å². The van der Waals surface area contributed by atoms with Gasteiger partial charge in [0.1, 0.15) is 0 Å². The summed E-state index contributed by atoms with van der Waals surface area (Å²) in [4.78, 5) is 0. The Morgan fingerprint density at radius 2 is 2.27 bits per heavy atom. The van der Waals surface area contributed by atoms with Gasteiger partial charge in [0.2, 0.25) is 0 Å². The molecule has 0 spiro atoms. The molecule has 66 valence electrons. The molecule has 0 aromatic carbocycles. The monoisotopic (exact) mass is 182 g/mol. The van der Waals surface area contributed by atoms with Crippen molar-refractivity contribution in [1.82, 2.24) is 9.44 Å². The summed E-state index contributed by atoms with van der Waals surface area (Å²) in [5.41, 5.74) is 4.98. The van der Waals surface area contributed by atoms with Crippen molar-refractivity contribution in [2.75, 3.05) is 13.6 Å². The number of amidine groups is 1. The van der Waals surface area contributed by atoms with E-state index in [9.17, 15) is 8.42 Å². The van der Waals surface area contributed by atoms with Crippen LogP contribution in [0.15, 0.2) is 5.16 Å². The molecule has 0 saturated carbocycles. The molecule has 0 aromatic heterocycles. The van der Waals surface area contributed by atoms with Gasteiger partial charge >= 0.3 is 0 Å². The Hall–Kier alpha value is -0.860. The fourth-order valence-electron chi connectivity index (χ4n) is 0.276. The number of hydrogen-bond acceptors (Lipinski definition) is 4. The summed E-state index contributed by atoms with van der Waals surface area (Å²) >= 11 is 0. The van der Waals surface area contributed by atoms with Gasteiger partial charge in [0.25, 0.3) is 10.2 Å². The van der Waals surface area contributed by atoms with Crippen LogP contribution in [0.25, 0.3) is 0 Å². The molecule has 8 heteroatoms.